The summed E-state index contributed by atoms with van der Waals surface area (Å²) in [7, 11) is 0. The van der Waals surface area contributed by atoms with Crippen LogP contribution in [0.5, 0.6) is 0 Å². The van der Waals surface area contributed by atoms with Gasteiger partial charge in [0.25, 0.3) is 0 Å². The van der Waals surface area contributed by atoms with Crippen molar-refractivity contribution in [3.05, 3.63) is 11.6 Å². The molecule has 0 spiro atoms. The standard InChI is InChI=1S/C9H16BrN3/c1-4-9(5-10)6-13-8(3)11-7(2)12-13/h9H,4-6H2,1-3H3. The first-order valence-corrected chi connectivity index (χ1v) is 5.73. The maximum Gasteiger partial charge on any atom is 0.147 e. The van der Waals surface area contributed by atoms with E-state index in [2.05, 4.69) is 32.9 Å². The molecular formula is C9H16BrN3. The summed E-state index contributed by atoms with van der Waals surface area (Å²) in [5, 5.41) is 5.36. The first kappa shape index (κ1) is 10.7. The molecule has 0 amide bonds. The predicted molar refractivity (Wildman–Crippen MR) is 57.1 cm³/mol. The number of rotatable bonds is 4. The fraction of sp³-hybridized carbons (Fsp3) is 0.778. The highest BCUT2D eigenvalue weighted by Crippen LogP contribution is 2.10. The normalized spacial score (nSPS) is 13.2. The van der Waals surface area contributed by atoms with Crippen LogP contribution < -0.4 is 0 Å². The molecule has 3 nitrogen and oxygen atoms in total. The summed E-state index contributed by atoms with van der Waals surface area (Å²) >= 11 is 3.50. The van der Waals surface area contributed by atoms with Crippen LogP contribution in [-0.2, 0) is 6.54 Å². The van der Waals surface area contributed by atoms with E-state index in [4.69, 9.17) is 0 Å². The van der Waals surface area contributed by atoms with E-state index in [-0.39, 0.29) is 0 Å². The molecule has 0 fully saturated rings. The van der Waals surface area contributed by atoms with E-state index < -0.39 is 0 Å². The van der Waals surface area contributed by atoms with Crippen LogP contribution in [0.3, 0.4) is 0 Å². The van der Waals surface area contributed by atoms with Gasteiger partial charge >= 0.3 is 0 Å². The van der Waals surface area contributed by atoms with Gasteiger partial charge in [0.15, 0.2) is 0 Å². The number of halogens is 1. The quantitative estimate of drug-likeness (QED) is 0.763. The Bertz CT molecular complexity index is 266. The molecule has 1 heterocycles. The lowest BCUT2D eigenvalue weighted by Gasteiger charge is -2.11. The SMILES string of the molecule is CCC(CBr)Cn1nc(C)nc1C. The summed E-state index contributed by atoms with van der Waals surface area (Å²) < 4.78 is 1.99. The second-order valence-electron chi connectivity index (χ2n) is 3.32. The van der Waals surface area contributed by atoms with E-state index in [9.17, 15) is 0 Å². The van der Waals surface area contributed by atoms with Gasteiger partial charge in [-0.3, -0.25) is 0 Å². The number of hydrogen-bond acceptors (Lipinski definition) is 2. The highest BCUT2D eigenvalue weighted by Gasteiger charge is 2.08. The van der Waals surface area contributed by atoms with Gasteiger partial charge in [-0.25, -0.2) is 9.67 Å². The minimum absolute atomic E-state index is 0.653. The highest BCUT2D eigenvalue weighted by atomic mass is 79.9. The summed E-state index contributed by atoms with van der Waals surface area (Å²) in [5.41, 5.74) is 0. The molecule has 0 aliphatic carbocycles. The van der Waals surface area contributed by atoms with Crippen molar-refractivity contribution in [3.8, 4) is 0 Å². The lowest BCUT2D eigenvalue weighted by atomic mass is 10.1. The second-order valence-corrected chi connectivity index (χ2v) is 3.96. The largest absolute Gasteiger partial charge is 0.250 e. The Morgan fingerprint density at radius 3 is 2.54 bits per heavy atom. The molecule has 0 aromatic carbocycles. The fourth-order valence-corrected chi connectivity index (χ4v) is 1.93. The van der Waals surface area contributed by atoms with Crippen LogP contribution in [0, 0.1) is 19.8 Å². The summed E-state index contributed by atoms with van der Waals surface area (Å²) in [5.74, 6) is 2.53. The van der Waals surface area contributed by atoms with Crippen LogP contribution in [0.15, 0.2) is 0 Å². The van der Waals surface area contributed by atoms with Crippen molar-refractivity contribution in [2.45, 2.75) is 33.7 Å². The molecule has 74 valence electrons. The van der Waals surface area contributed by atoms with Gasteiger partial charge in [-0.2, -0.15) is 5.10 Å². The van der Waals surface area contributed by atoms with E-state index >= 15 is 0 Å². The van der Waals surface area contributed by atoms with Gasteiger partial charge < -0.3 is 0 Å². The summed E-state index contributed by atoms with van der Waals surface area (Å²) in [6, 6.07) is 0. The molecule has 1 aromatic heterocycles. The molecular weight excluding hydrogens is 230 g/mol. The third-order valence-corrected chi connectivity index (χ3v) is 3.10. The van der Waals surface area contributed by atoms with Crippen LogP contribution >= 0.6 is 15.9 Å². The van der Waals surface area contributed by atoms with Gasteiger partial charge in [0.05, 0.1) is 0 Å². The number of aryl methyl sites for hydroxylation is 2. The third-order valence-electron chi connectivity index (χ3n) is 2.19. The number of alkyl halides is 1. The summed E-state index contributed by atoms with van der Waals surface area (Å²) in [6.07, 6.45) is 1.17. The first-order chi connectivity index (χ1) is 6.17. The average Bonchev–Trinajstić information content (AvgIpc) is 2.41. The number of nitrogens with zero attached hydrogens (tertiary/aromatic N) is 3. The molecule has 1 rings (SSSR count). The van der Waals surface area contributed by atoms with Gasteiger partial charge in [0.1, 0.15) is 11.6 Å². The monoisotopic (exact) mass is 245 g/mol. The van der Waals surface area contributed by atoms with Crippen LogP contribution in [0.25, 0.3) is 0 Å². The molecule has 0 bridgehead atoms. The van der Waals surface area contributed by atoms with Crippen molar-refractivity contribution in [2.75, 3.05) is 5.33 Å². The molecule has 4 heteroatoms. The number of aromatic nitrogens is 3. The Kier molecular flexibility index (Phi) is 3.90. The zero-order chi connectivity index (χ0) is 9.84. The van der Waals surface area contributed by atoms with Crippen molar-refractivity contribution in [1.29, 1.82) is 0 Å². The van der Waals surface area contributed by atoms with Crippen molar-refractivity contribution in [2.24, 2.45) is 5.92 Å². The average molecular weight is 246 g/mol. The zero-order valence-corrected chi connectivity index (χ0v) is 10.0. The minimum Gasteiger partial charge on any atom is -0.250 e. The molecule has 1 atom stereocenters. The summed E-state index contributed by atoms with van der Waals surface area (Å²) in [6.45, 7) is 7.10. The fourth-order valence-electron chi connectivity index (χ4n) is 1.27. The third kappa shape index (κ3) is 2.79. The van der Waals surface area contributed by atoms with Crippen molar-refractivity contribution in [1.82, 2.24) is 14.8 Å². The predicted octanol–water partition coefficient (Wildman–Crippen LogP) is 2.32. The minimum atomic E-state index is 0.653. The molecule has 0 saturated carbocycles. The number of hydrogen-bond donors (Lipinski definition) is 0. The van der Waals surface area contributed by atoms with Crippen molar-refractivity contribution < 1.29 is 0 Å². The van der Waals surface area contributed by atoms with Crippen LogP contribution in [0.2, 0.25) is 0 Å². The van der Waals surface area contributed by atoms with Gasteiger partial charge in [0, 0.05) is 11.9 Å². The van der Waals surface area contributed by atoms with Gasteiger partial charge in [-0.05, 0) is 19.8 Å². The highest BCUT2D eigenvalue weighted by molar-refractivity contribution is 9.09. The smallest absolute Gasteiger partial charge is 0.147 e. The Morgan fingerprint density at radius 2 is 2.15 bits per heavy atom. The van der Waals surface area contributed by atoms with Gasteiger partial charge in [-0.15, -0.1) is 0 Å². The van der Waals surface area contributed by atoms with Gasteiger partial charge in [0.2, 0.25) is 0 Å². The van der Waals surface area contributed by atoms with E-state index in [0.717, 1.165) is 23.5 Å². The maximum absolute atomic E-state index is 4.33. The molecule has 1 unspecified atom stereocenters. The van der Waals surface area contributed by atoms with E-state index in [1.807, 2.05) is 18.5 Å². The van der Waals surface area contributed by atoms with Crippen molar-refractivity contribution in [3.63, 3.8) is 0 Å². The molecule has 0 aliphatic rings. The maximum atomic E-state index is 4.33. The Labute approximate surface area is 87.7 Å². The molecule has 0 radical (unpaired) electrons. The lowest BCUT2D eigenvalue weighted by Crippen LogP contribution is -2.13. The summed E-state index contributed by atoms with van der Waals surface area (Å²) in [4.78, 5) is 4.27. The molecule has 0 saturated heterocycles. The van der Waals surface area contributed by atoms with Crippen molar-refractivity contribution >= 4 is 15.9 Å². The van der Waals surface area contributed by atoms with Crippen LogP contribution in [-0.4, -0.2) is 20.1 Å². The Hall–Kier alpha value is -0.380. The molecule has 0 N–H and O–H groups in total. The second kappa shape index (κ2) is 4.74. The van der Waals surface area contributed by atoms with Crippen LogP contribution in [0.4, 0.5) is 0 Å². The molecule has 1 aromatic rings. The molecule has 0 aliphatic heterocycles. The van der Waals surface area contributed by atoms with E-state index in [0.29, 0.717) is 5.92 Å². The first-order valence-electron chi connectivity index (χ1n) is 4.61. The van der Waals surface area contributed by atoms with E-state index in [1.54, 1.807) is 0 Å². The lowest BCUT2D eigenvalue weighted by molar-refractivity contribution is 0.438. The topological polar surface area (TPSA) is 30.7 Å². The Balaban J connectivity index is 2.67. The van der Waals surface area contributed by atoms with E-state index in [1.165, 1.54) is 6.42 Å². The Morgan fingerprint density at radius 1 is 1.46 bits per heavy atom. The van der Waals surface area contributed by atoms with Gasteiger partial charge in [-0.1, -0.05) is 29.3 Å². The molecule has 13 heavy (non-hydrogen) atoms. The zero-order valence-electron chi connectivity index (χ0n) is 8.42. The van der Waals surface area contributed by atoms with Crippen LogP contribution in [0.1, 0.15) is 25.0 Å².